The minimum Gasteiger partial charge on any atom is -0.364 e. The Morgan fingerprint density at radius 2 is 2.00 bits per heavy atom. The van der Waals surface area contributed by atoms with E-state index in [-0.39, 0.29) is 10.6 Å². The van der Waals surface area contributed by atoms with Crippen LogP contribution in [0.3, 0.4) is 0 Å². The van der Waals surface area contributed by atoms with E-state index in [4.69, 9.17) is 0 Å². The van der Waals surface area contributed by atoms with Crippen LogP contribution in [0.1, 0.15) is 19.3 Å². The Hall–Kier alpha value is -1.62. The second kappa shape index (κ2) is 4.57. The van der Waals surface area contributed by atoms with E-state index < -0.39 is 0 Å². The lowest BCUT2D eigenvalue weighted by atomic mass is 10.1. The number of hydrogen-bond acceptors (Lipinski definition) is 4. The number of para-hydroxylation sites is 2. The van der Waals surface area contributed by atoms with Gasteiger partial charge in [0.2, 0.25) is 0 Å². The number of anilines is 1. The Morgan fingerprint density at radius 1 is 1.22 bits per heavy atom. The fourth-order valence-electron chi connectivity index (χ4n) is 3.05. The minimum atomic E-state index is -0.286. The van der Waals surface area contributed by atoms with Gasteiger partial charge in [0, 0.05) is 31.2 Å². The topological polar surface area (TPSA) is 58.4 Å². The highest BCUT2D eigenvalue weighted by Crippen LogP contribution is 2.31. The number of nitro groups is 1. The number of nitrogens with one attached hydrogen (secondary N) is 1. The molecule has 0 radical (unpaired) electrons. The highest BCUT2D eigenvalue weighted by atomic mass is 16.6. The van der Waals surface area contributed by atoms with Crippen LogP contribution in [-0.4, -0.2) is 30.1 Å². The highest BCUT2D eigenvalue weighted by molar-refractivity contribution is 5.63. The van der Waals surface area contributed by atoms with Gasteiger partial charge in [-0.3, -0.25) is 10.1 Å². The molecule has 2 atom stereocenters. The summed E-state index contributed by atoms with van der Waals surface area (Å²) in [5, 5.41) is 14.7. The molecule has 5 heteroatoms. The maximum absolute atomic E-state index is 11.1. The van der Waals surface area contributed by atoms with Crippen LogP contribution in [0.25, 0.3) is 0 Å². The van der Waals surface area contributed by atoms with Gasteiger partial charge in [-0.2, -0.15) is 0 Å². The van der Waals surface area contributed by atoms with E-state index in [1.54, 1.807) is 12.1 Å². The Bertz CT molecular complexity index is 463. The summed E-state index contributed by atoms with van der Waals surface area (Å²) in [6, 6.07) is 8.13. The molecule has 2 unspecified atom stereocenters. The molecule has 0 aliphatic carbocycles. The summed E-state index contributed by atoms with van der Waals surface area (Å²) in [5.74, 6) is 0. The maximum Gasteiger partial charge on any atom is 0.292 e. The van der Waals surface area contributed by atoms with E-state index in [1.807, 2.05) is 12.1 Å². The van der Waals surface area contributed by atoms with Crippen LogP contribution in [0.4, 0.5) is 11.4 Å². The molecule has 96 valence electrons. The van der Waals surface area contributed by atoms with Gasteiger partial charge in [0.1, 0.15) is 5.69 Å². The molecule has 1 aromatic rings. The molecule has 2 aliphatic rings. The van der Waals surface area contributed by atoms with E-state index in [0.29, 0.717) is 12.1 Å². The van der Waals surface area contributed by atoms with Crippen molar-refractivity contribution >= 4 is 11.4 Å². The summed E-state index contributed by atoms with van der Waals surface area (Å²) < 4.78 is 0. The van der Waals surface area contributed by atoms with Crippen molar-refractivity contribution in [2.45, 2.75) is 31.3 Å². The summed E-state index contributed by atoms with van der Waals surface area (Å²) in [4.78, 5) is 12.9. The second-order valence-corrected chi connectivity index (χ2v) is 5.12. The average molecular weight is 247 g/mol. The zero-order chi connectivity index (χ0) is 12.5. The number of nitro benzene ring substituents is 1. The standard InChI is InChI=1S/C13H17N3O2/c17-16(18)13-4-2-1-3-12(13)15-8-7-10-5-6-11(9-15)14-10/h1-4,10-11,14H,5-9H2. The predicted molar refractivity (Wildman–Crippen MR) is 69.9 cm³/mol. The summed E-state index contributed by atoms with van der Waals surface area (Å²) in [7, 11) is 0. The average Bonchev–Trinajstić information content (AvgIpc) is 2.69. The van der Waals surface area contributed by atoms with Crippen molar-refractivity contribution < 1.29 is 4.92 Å². The number of fused-ring (bicyclic) bond motifs is 2. The monoisotopic (exact) mass is 247 g/mol. The molecule has 1 aromatic carbocycles. The van der Waals surface area contributed by atoms with Gasteiger partial charge in [0.05, 0.1) is 4.92 Å². The number of nitrogens with zero attached hydrogens (tertiary/aromatic N) is 2. The van der Waals surface area contributed by atoms with Crippen molar-refractivity contribution in [1.82, 2.24) is 5.32 Å². The fraction of sp³-hybridized carbons (Fsp3) is 0.538. The van der Waals surface area contributed by atoms with Crippen molar-refractivity contribution in [3.05, 3.63) is 34.4 Å². The molecule has 0 aromatic heterocycles. The van der Waals surface area contributed by atoms with Gasteiger partial charge in [-0.05, 0) is 25.3 Å². The molecule has 0 saturated carbocycles. The molecular formula is C13H17N3O2. The molecule has 2 aliphatic heterocycles. The van der Waals surface area contributed by atoms with Crippen molar-refractivity contribution in [1.29, 1.82) is 0 Å². The zero-order valence-corrected chi connectivity index (χ0v) is 10.2. The lowest BCUT2D eigenvalue weighted by Gasteiger charge is -2.25. The number of rotatable bonds is 2. The largest absolute Gasteiger partial charge is 0.364 e. The molecule has 18 heavy (non-hydrogen) atoms. The molecule has 2 bridgehead atoms. The second-order valence-electron chi connectivity index (χ2n) is 5.12. The lowest BCUT2D eigenvalue weighted by Crippen LogP contribution is -2.35. The first kappa shape index (κ1) is 11.5. The van der Waals surface area contributed by atoms with E-state index in [9.17, 15) is 10.1 Å². The van der Waals surface area contributed by atoms with Gasteiger partial charge < -0.3 is 10.2 Å². The first-order chi connectivity index (χ1) is 8.74. The van der Waals surface area contributed by atoms with Crippen molar-refractivity contribution in [3.8, 4) is 0 Å². The van der Waals surface area contributed by atoms with E-state index in [2.05, 4.69) is 10.2 Å². The van der Waals surface area contributed by atoms with Crippen molar-refractivity contribution in [3.63, 3.8) is 0 Å². The zero-order valence-electron chi connectivity index (χ0n) is 10.2. The lowest BCUT2D eigenvalue weighted by molar-refractivity contribution is -0.384. The van der Waals surface area contributed by atoms with E-state index in [1.165, 1.54) is 12.8 Å². The third kappa shape index (κ3) is 2.06. The number of benzene rings is 1. The number of hydrogen-bond donors (Lipinski definition) is 1. The van der Waals surface area contributed by atoms with Crippen LogP contribution in [-0.2, 0) is 0 Å². The summed E-state index contributed by atoms with van der Waals surface area (Å²) in [5.41, 5.74) is 0.979. The first-order valence-electron chi connectivity index (χ1n) is 6.48. The highest BCUT2D eigenvalue weighted by Gasteiger charge is 2.31. The molecule has 2 fully saturated rings. The quantitative estimate of drug-likeness (QED) is 0.641. The molecule has 0 spiro atoms. The van der Waals surface area contributed by atoms with Crippen molar-refractivity contribution in [2.24, 2.45) is 0 Å². The first-order valence-corrected chi connectivity index (χ1v) is 6.48. The molecule has 5 nitrogen and oxygen atoms in total. The molecule has 2 saturated heterocycles. The molecule has 0 amide bonds. The normalized spacial score (nSPS) is 27.0. The van der Waals surface area contributed by atoms with Gasteiger partial charge >= 0.3 is 0 Å². The van der Waals surface area contributed by atoms with E-state index >= 15 is 0 Å². The smallest absolute Gasteiger partial charge is 0.292 e. The third-order valence-corrected chi connectivity index (χ3v) is 3.94. The van der Waals surface area contributed by atoms with Gasteiger partial charge in [-0.1, -0.05) is 12.1 Å². The summed E-state index contributed by atoms with van der Waals surface area (Å²) in [6.07, 6.45) is 3.50. The predicted octanol–water partition coefficient (Wildman–Crippen LogP) is 1.93. The molecule has 1 N–H and O–H groups in total. The molecular weight excluding hydrogens is 230 g/mol. The molecule has 3 rings (SSSR count). The van der Waals surface area contributed by atoms with Crippen LogP contribution in [0.15, 0.2) is 24.3 Å². The minimum absolute atomic E-state index is 0.218. The Kier molecular flexibility index (Phi) is 2.91. The third-order valence-electron chi connectivity index (χ3n) is 3.94. The van der Waals surface area contributed by atoms with Crippen LogP contribution >= 0.6 is 0 Å². The van der Waals surface area contributed by atoms with Crippen LogP contribution < -0.4 is 10.2 Å². The Labute approximate surface area is 106 Å². The van der Waals surface area contributed by atoms with Gasteiger partial charge in [0.25, 0.3) is 5.69 Å². The van der Waals surface area contributed by atoms with Gasteiger partial charge in [-0.15, -0.1) is 0 Å². The fourth-order valence-corrected chi connectivity index (χ4v) is 3.05. The molecule has 2 heterocycles. The Morgan fingerprint density at radius 3 is 2.83 bits per heavy atom. The maximum atomic E-state index is 11.1. The van der Waals surface area contributed by atoms with E-state index in [0.717, 1.165) is 25.2 Å². The van der Waals surface area contributed by atoms with Gasteiger partial charge in [-0.25, -0.2) is 0 Å². The summed E-state index contributed by atoms with van der Waals surface area (Å²) in [6.45, 7) is 1.78. The van der Waals surface area contributed by atoms with Gasteiger partial charge in [0.15, 0.2) is 0 Å². The van der Waals surface area contributed by atoms with Crippen LogP contribution in [0, 0.1) is 10.1 Å². The summed E-state index contributed by atoms with van der Waals surface area (Å²) >= 11 is 0. The Balaban J connectivity index is 1.88. The van der Waals surface area contributed by atoms with Crippen LogP contribution in [0.5, 0.6) is 0 Å². The SMILES string of the molecule is O=[N+]([O-])c1ccccc1N1CCC2CCC(C1)N2. The van der Waals surface area contributed by atoms with Crippen LogP contribution in [0.2, 0.25) is 0 Å². The van der Waals surface area contributed by atoms with Crippen molar-refractivity contribution in [2.75, 3.05) is 18.0 Å².